The molecule has 0 amide bonds. The number of benzene rings is 2. The fraction of sp³-hybridized carbons (Fsp3) is 0.379. The van der Waals surface area contributed by atoms with Crippen LogP contribution in [0.2, 0.25) is 13.1 Å². The molecule has 2 aliphatic carbocycles. The maximum atomic E-state index is 13.6. The first-order valence-electron chi connectivity index (χ1n) is 12.2. The summed E-state index contributed by atoms with van der Waals surface area (Å²) in [6, 6.07) is 7.35. The van der Waals surface area contributed by atoms with Crippen molar-refractivity contribution in [1.82, 2.24) is 0 Å². The third kappa shape index (κ3) is 6.24. The summed E-state index contributed by atoms with van der Waals surface area (Å²) in [5, 5.41) is 0. The van der Waals surface area contributed by atoms with Gasteiger partial charge in [-0.05, 0) is 0 Å². The summed E-state index contributed by atoms with van der Waals surface area (Å²) < 4.78 is 83.3. The summed E-state index contributed by atoms with van der Waals surface area (Å²) in [5.74, 6) is 0.396. The fourth-order valence-electron chi connectivity index (χ4n) is 5.81. The van der Waals surface area contributed by atoms with Gasteiger partial charge in [0.2, 0.25) is 0 Å². The van der Waals surface area contributed by atoms with Crippen molar-refractivity contribution < 1.29 is 46.7 Å². The number of allylic oxidation sites excluding steroid dienone is 5. The predicted octanol–water partition coefficient (Wildman–Crippen LogP) is 10.8. The van der Waals surface area contributed by atoms with E-state index in [1.807, 2.05) is 12.1 Å². The Morgan fingerprint density at radius 2 is 1.33 bits per heavy atom. The fourth-order valence-corrected chi connectivity index (χ4v) is 26.4. The first-order chi connectivity index (χ1) is 17.0. The quantitative estimate of drug-likeness (QED) is 0.223. The average Bonchev–Trinajstić information content (AvgIpc) is 3.22. The summed E-state index contributed by atoms with van der Waals surface area (Å²) >= 11 is -2.34. The van der Waals surface area contributed by atoms with Crippen molar-refractivity contribution in [3.8, 4) is 11.1 Å². The second-order valence-electron chi connectivity index (χ2n) is 10.4. The third-order valence-corrected chi connectivity index (χ3v) is 27.0. The number of alkyl halides is 6. The average molecular weight is 685 g/mol. The Morgan fingerprint density at radius 1 is 0.795 bits per heavy atom. The first kappa shape index (κ1) is 34.1. The van der Waals surface area contributed by atoms with Crippen LogP contribution in [-0.2, 0) is 32.7 Å². The van der Waals surface area contributed by atoms with E-state index in [1.54, 1.807) is 15.4 Å². The molecule has 0 saturated heterocycles. The molecule has 2 aromatic carbocycles. The zero-order chi connectivity index (χ0) is 27.6. The van der Waals surface area contributed by atoms with Gasteiger partial charge in [0, 0.05) is 0 Å². The largest absolute Gasteiger partial charge is 0.147 e. The smallest absolute Gasteiger partial charge is 0.147 e. The van der Waals surface area contributed by atoms with E-state index >= 15 is 0 Å². The van der Waals surface area contributed by atoms with Crippen LogP contribution in [0.5, 0.6) is 0 Å². The van der Waals surface area contributed by atoms with Crippen LogP contribution in [0.15, 0.2) is 62.0 Å². The molecule has 0 aliphatic heterocycles. The summed E-state index contributed by atoms with van der Waals surface area (Å²) in [5.41, 5.74) is 4.31. The molecule has 0 radical (unpaired) electrons. The molecule has 0 fully saturated rings. The molecule has 0 nitrogen and oxygen atoms in total. The number of fused-ring (bicyclic) bond motifs is 1. The minimum absolute atomic E-state index is 0. The van der Waals surface area contributed by atoms with Crippen LogP contribution in [0.3, 0.4) is 0 Å². The Morgan fingerprint density at radius 3 is 1.77 bits per heavy atom. The molecular formula is C29H32Cl2F6SiZr. The molecule has 0 saturated carbocycles. The van der Waals surface area contributed by atoms with Crippen LogP contribution in [0.4, 0.5) is 26.3 Å². The Balaban J connectivity index is 0.00000267. The molecule has 0 aromatic heterocycles. The van der Waals surface area contributed by atoms with E-state index in [0.29, 0.717) is 11.5 Å². The summed E-state index contributed by atoms with van der Waals surface area (Å²) in [6.45, 7) is 15.7. The van der Waals surface area contributed by atoms with Crippen molar-refractivity contribution in [2.45, 2.75) is 63.7 Å². The predicted molar refractivity (Wildman–Crippen MR) is 150 cm³/mol. The van der Waals surface area contributed by atoms with Gasteiger partial charge < -0.3 is 0 Å². The molecule has 10 heteroatoms. The zero-order valence-corrected chi connectivity index (χ0v) is 27.9. The summed E-state index contributed by atoms with van der Waals surface area (Å²) in [4.78, 5) is 0. The second kappa shape index (κ2) is 12.0. The van der Waals surface area contributed by atoms with E-state index < -0.39 is 49.3 Å². The van der Waals surface area contributed by atoms with E-state index in [0.717, 1.165) is 23.3 Å². The second-order valence-corrected chi connectivity index (χ2v) is 27.7. The molecule has 2 aromatic rings. The van der Waals surface area contributed by atoms with E-state index in [2.05, 4.69) is 47.7 Å². The van der Waals surface area contributed by atoms with Crippen LogP contribution in [0, 0.1) is 5.92 Å². The van der Waals surface area contributed by atoms with Crippen LogP contribution < -0.4 is 0 Å². The van der Waals surface area contributed by atoms with E-state index in [1.165, 1.54) is 22.3 Å². The normalized spacial score (nSPS) is 18.9. The summed E-state index contributed by atoms with van der Waals surface area (Å²) in [7, 11) is 0. The Labute approximate surface area is 246 Å². The van der Waals surface area contributed by atoms with Gasteiger partial charge in [-0.2, -0.15) is 0 Å². The molecule has 2 aliphatic rings. The van der Waals surface area contributed by atoms with Crippen LogP contribution in [0.25, 0.3) is 17.2 Å². The molecule has 2 unspecified atom stereocenters. The monoisotopic (exact) mass is 682 g/mol. The van der Waals surface area contributed by atoms with E-state index in [4.69, 9.17) is 0 Å². The van der Waals surface area contributed by atoms with Crippen molar-refractivity contribution in [3.63, 3.8) is 0 Å². The molecule has 2 atom stereocenters. The van der Waals surface area contributed by atoms with Gasteiger partial charge in [0.15, 0.2) is 0 Å². The molecule has 0 N–H and O–H groups in total. The van der Waals surface area contributed by atoms with Crippen molar-refractivity contribution in [2.75, 3.05) is 0 Å². The third-order valence-electron chi connectivity index (χ3n) is 7.93. The number of hydrogen-bond donors (Lipinski definition) is 0. The first-order valence-corrected chi connectivity index (χ1v) is 21.0. The molecular weight excluding hydrogens is 653 g/mol. The summed E-state index contributed by atoms with van der Waals surface area (Å²) in [6.07, 6.45) is -7.75. The van der Waals surface area contributed by atoms with Gasteiger partial charge >= 0.3 is 223 Å². The Hall–Kier alpha value is -1.08. The standard InChI is InChI=1S/C18H11F6.C9H13.C2H6Si.2ClH.Zr/c1-10-5-11-3-2-4-15(16(11)6-10)12-7-13(17(19,20)21)9-14(8-12)18(22,23)24;1-6-5-7(2)9(4)8(6)3;1-3-2;;;/h2-9H,1H3;6H,1-4H3;1-2H3;2*1H;. The van der Waals surface area contributed by atoms with Gasteiger partial charge in [-0.3, -0.25) is 0 Å². The SMILES string of the molecule is CC1=Cc2c(-c3cc(C(F)(F)F)cc(C(F)(F)F)c3)cccc2[CH]1[Zr]([C]1=C(C)C(C)=C(C)C1C)=[Si](C)C.Cl.Cl. The van der Waals surface area contributed by atoms with Crippen LogP contribution >= 0.6 is 24.8 Å². The number of rotatable bonds is 3. The molecule has 212 valence electrons. The Kier molecular flexibility index (Phi) is 10.5. The maximum absolute atomic E-state index is 13.6. The topological polar surface area (TPSA) is 0 Å². The van der Waals surface area contributed by atoms with Crippen molar-refractivity contribution in [3.05, 3.63) is 84.2 Å². The van der Waals surface area contributed by atoms with Gasteiger partial charge in [0.1, 0.15) is 0 Å². The number of halogens is 8. The van der Waals surface area contributed by atoms with Crippen LogP contribution in [-0.4, -0.2) is 5.43 Å². The zero-order valence-electron chi connectivity index (χ0n) is 22.8. The maximum Gasteiger partial charge on any atom is -0.147 e. The molecule has 0 spiro atoms. The van der Waals surface area contributed by atoms with Gasteiger partial charge in [-0.1, -0.05) is 0 Å². The van der Waals surface area contributed by atoms with Crippen molar-refractivity contribution >= 4 is 36.3 Å². The molecule has 0 bridgehead atoms. The van der Waals surface area contributed by atoms with Gasteiger partial charge in [-0.25, -0.2) is 0 Å². The minimum atomic E-state index is -4.88. The van der Waals surface area contributed by atoms with E-state index in [-0.39, 0.29) is 40.1 Å². The number of hydrogen-bond acceptors (Lipinski definition) is 0. The van der Waals surface area contributed by atoms with Gasteiger partial charge in [-0.15, -0.1) is 24.8 Å². The van der Waals surface area contributed by atoms with Crippen molar-refractivity contribution in [2.24, 2.45) is 5.92 Å². The molecule has 0 heterocycles. The minimum Gasteiger partial charge on any atom is -0.147 e. The van der Waals surface area contributed by atoms with Crippen LogP contribution in [0.1, 0.15) is 60.5 Å². The van der Waals surface area contributed by atoms with Crippen molar-refractivity contribution in [1.29, 1.82) is 0 Å². The molecule has 39 heavy (non-hydrogen) atoms. The van der Waals surface area contributed by atoms with E-state index in [9.17, 15) is 26.3 Å². The van der Waals surface area contributed by atoms with Gasteiger partial charge in [0.25, 0.3) is 0 Å². The van der Waals surface area contributed by atoms with Gasteiger partial charge in [0.05, 0.1) is 0 Å². The Bertz CT molecular complexity index is 1390. The molecule has 4 rings (SSSR count).